The fraction of sp³-hybridized carbons (Fsp3) is 0.914. The van der Waals surface area contributed by atoms with Crippen molar-refractivity contribution in [2.24, 2.45) is 0 Å². The Hall–Kier alpha value is -1.66. The maximum Gasteiger partial charge on any atom is 0.305 e. The second kappa shape index (κ2) is 65.9. The monoisotopic (exact) mass is 1070 g/mol. The average molecular weight is 1070 g/mol. The summed E-state index contributed by atoms with van der Waals surface area (Å²) in [4.78, 5) is 24.6. The summed E-state index contributed by atoms with van der Waals surface area (Å²) in [7, 11) is 0. The molecule has 0 saturated heterocycles. The van der Waals surface area contributed by atoms with Gasteiger partial charge in [-0.05, 0) is 57.8 Å². The molecule has 0 spiro atoms. The number of carbonyl (C=O) groups is 2. The van der Waals surface area contributed by atoms with Crippen LogP contribution in [0.3, 0.4) is 0 Å². The molecular formula is C70H135NO5. The quantitative estimate of drug-likeness (QED) is 0.0320. The lowest BCUT2D eigenvalue weighted by Gasteiger charge is -2.20. The molecule has 2 atom stereocenters. The van der Waals surface area contributed by atoms with Crippen LogP contribution in [-0.4, -0.2) is 47.4 Å². The summed E-state index contributed by atoms with van der Waals surface area (Å²) in [6, 6.07) is -0.630. The van der Waals surface area contributed by atoms with Crippen LogP contribution in [0.2, 0.25) is 0 Å². The largest absolute Gasteiger partial charge is 0.466 e. The first-order chi connectivity index (χ1) is 37.5. The molecule has 0 aromatic heterocycles. The van der Waals surface area contributed by atoms with Gasteiger partial charge in [-0.1, -0.05) is 340 Å². The van der Waals surface area contributed by atoms with E-state index in [1.54, 1.807) is 6.08 Å². The number of unbranched alkanes of at least 4 members (excludes halogenated alkanes) is 52. The molecule has 0 aromatic carbocycles. The summed E-state index contributed by atoms with van der Waals surface area (Å²) in [5, 5.41) is 23.2. The van der Waals surface area contributed by atoms with Crippen molar-refractivity contribution in [3.63, 3.8) is 0 Å². The highest BCUT2D eigenvalue weighted by Gasteiger charge is 2.18. The van der Waals surface area contributed by atoms with E-state index in [2.05, 4.69) is 31.3 Å². The van der Waals surface area contributed by atoms with Crippen molar-refractivity contribution in [1.29, 1.82) is 0 Å². The standard InChI is InChI=1S/C70H135NO5/c1-3-5-7-9-11-13-15-17-19-21-23-27-30-34-38-42-46-50-54-58-62-68(73)67(66-72)71-69(74)63-59-55-51-47-43-39-35-31-28-24-25-29-33-37-41-45-49-53-57-61-65-76-70(75)64-60-56-52-48-44-40-36-32-26-22-20-18-16-14-12-10-8-6-4-2/h18,20,58,62,67-68,72-73H,3-17,19,21-57,59-61,63-66H2,1-2H3,(H,71,74)/b20-18-,62-58+. The van der Waals surface area contributed by atoms with Crippen LogP contribution < -0.4 is 5.32 Å². The maximum atomic E-state index is 12.5. The topological polar surface area (TPSA) is 95.9 Å². The third-order valence-electron chi connectivity index (χ3n) is 16.2. The highest BCUT2D eigenvalue weighted by Crippen LogP contribution is 2.18. The van der Waals surface area contributed by atoms with Gasteiger partial charge in [-0.15, -0.1) is 0 Å². The van der Waals surface area contributed by atoms with Gasteiger partial charge in [0.05, 0.1) is 25.4 Å². The molecule has 0 heterocycles. The van der Waals surface area contributed by atoms with Crippen molar-refractivity contribution in [2.45, 2.75) is 398 Å². The summed E-state index contributed by atoms with van der Waals surface area (Å²) < 4.78 is 5.51. The predicted molar refractivity (Wildman–Crippen MR) is 333 cm³/mol. The van der Waals surface area contributed by atoms with E-state index in [-0.39, 0.29) is 18.5 Å². The number of amides is 1. The van der Waals surface area contributed by atoms with E-state index in [9.17, 15) is 19.8 Å². The number of rotatable bonds is 65. The summed E-state index contributed by atoms with van der Waals surface area (Å²) >= 11 is 0. The smallest absolute Gasteiger partial charge is 0.305 e. The fourth-order valence-electron chi connectivity index (χ4n) is 10.9. The van der Waals surface area contributed by atoms with E-state index in [1.165, 1.54) is 315 Å². The van der Waals surface area contributed by atoms with Crippen LogP contribution in [-0.2, 0) is 14.3 Å². The predicted octanol–water partition coefficient (Wildman–Crippen LogP) is 22.1. The van der Waals surface area contributed by atoms with Crippen molar-refractivity contribution in [3.8, 4) is 0 Å². The molecule has 3 N–H and O–H groups in total. The fourth-order valence-corrected chi connectivity index (χ4v) is 10.9. The molecule has 0 aliphatic rings. The van der Waals surface area contributed by atoms with Gasteiger partial charge in [0.15, 0.2) is 0 Å². The number of allylic oxidation sites excluding steroid dienone is 3. The normalized spacial score (nSPS) is 12.6. The highest BCUT2D eigenvalue weighted by molar-refractivity contribution is 5.76. The number of hydrogen-bond acceptors (Lipinski definition) is 5. The SMILES string of the molecule is CCCCCCCC/C=C\CCCCCCCCCCCC(=O)OCCCCCCCCCCCCCCCCCCCCCCC(=O)NC(CO)C(O)/C=C/CCCCCCCCCCCCCCCCCCCC. The average Bonchev–Trinajstić information content (AvgIpc) is 3.42. The lowest BCUT2D eigenvalue weighted by Crippen LogP contribution is -2.45. The van der Waals surface area contributed by atoms with E-state index in [1.807, 2.05) is 6.08 Å². The van der Waals surface area contributed by atoms with Crippen molar-refractivity contribution < 1.29 is 24.5 Å². The van der Waals surface area contributed by atoms with Gasteiger partial charge in [-0.25, -0.2) is 0 Å². The van der Waals surface area contributed by atoms with Gasteiger partial charge in [-0.3, -0.25) is 9.59 Å². The van der Waals surface area contributed by atoms with Crippen molar-refractivity contribution in [2.75, 3.05) is 13.2 Å². The minimum absolute atomic E-state index is 0.0104. The van der Waals surface area contributed by atoms with E-state index in [0.717, 1.165) is 44.9 Å². The molecule has 2 unspecified atom stereocenters. The third kappa shape index (κ3) is 61.6. The molecule has 0 rings (SSSR count). The number of aliphatic hydroxyl groups is 2. The molecule has 0 fully saturated rings. The Kier molecular flexibility index (Phi) is 64.4. The van der Waals surface area contributed by atoms with Gasteiger partial charge >= 0.3 is 5.97 Å². The van der Waals surface area contributed by atoms with Gasteiger partial charge in [0.25, 0.3) is 0 Å². The van der Waals surface area contributed by atoms with E-state index < -0.39 is 12.1 Å². The molecule has 1 amide bonds. The third-order valence-corrected chi connectivity index (χ3v) is 16.2. The van der Waals surface area contributed by atoms with Gasteiger partial charge in [-0.2, -0.15) is 0 Å². The van der Waals surface area contributed by atoms with Crippen molar-refractivity contribution in [3.05, 3.63) is 24.3 Å². The van der Waals surface area contributed by atoms with Gasteiger partial charge in [0.2, 0.25) is 5.91 Å². The molecule has 0 aliphatic heterocycles. The number of hydrogen-bond donors (Lipinski definition) is 3. The molecule has 0 bridgehead atoms. The number of ether oxygens (including phenoxy) is 1. The van der Waals surface area contributed by atoms with Crippen molar-refractivity contribution >= 4 is 11.9 Å². The number of carbonyl (C=O) groups excluding carboxylic acids is 2. The summed E-state index contributed by atoms with van der Waals surface area (Å²) in [6.45, 7) is 4.93. The minimum atomic E-state index is -0.847. The van der Waals surface area contributed by atoms with Gasteiger partial charge in [0.1, 0.15) is 0 Å². The second-order valence-electron chi connectivity index (χ2n) is 23.9. The maximum absolute atomic E-state index is 12.5. The first-order valence-corrected chi connectivity index (χ1v) is 34.6. The van der Waals surface area contributed by atoms with Crippen LogP contribution in [0.5, 0.6) is 0 Å². The number of esters is 1. The highest BCUT2D eigenvalue weighted by atomic mass is 16.5. The van der Waals surface area contributed by atoms with Crippen LogP contribution in [0.15, 0.2) is 24.3 Å². The van der Waals surface area contributed by atoms with E-state index in [0.29, 0.717) is 19.4 Å². The minimum Gasteiger partial charge on any atom is -0.466 e. The lowest BCUT2D eigenvalue weighted by atomic mass is 10.0. The van der Waals surface area contributed by atoms with Gasteiger partial charge < -0.3 is 20.3 Å². The van der Waals surface area contributed by atoms with Crippen LogP contribution in [0.25, 0.3) is 0 Å². The zero-order valence-electron chi connectivity index (χ0n) is 51.5. The first-order valence-electron chi connectivity index (χ1n) is 34.6. The molecule has 0 saturated carbocycles. The van der Waals surface area contributed by atoms with Crippen LogP contribution in [0.1, 0.15) is 386 Å². The van der Waals surface area contributed by atoms with Crippen molar-refractivity contribution in [1.82, 2.24) is 5.32 Å². The molecule has 6 heteroatoms. The van der Waals surface area contributed by atoms with E-state index >= 15 is 0 Å². The summed E-state index contributed by atoms with van der Waals surface area (Å²) in [5.41, 5.74) is 0. The Morgan fingerprint density at radius 3 is 0.934 bits per heavy atom. The summed E-state index contributed by atoms with van der Waals surface area (Å²) in [5.74, 6) is -0.0557. The lowest BCUT2D eigenvalue weighted by molar-refractivity contribution is -0.143. The Bertz CT molecular complexity index is 1190. The Balaban J connectivity index is 3.40. The molecular weight excluding hydrogens is 935 g/mol. The molecule has 0 aliphatic carbocycles. The van der Waals surface area contributed by atoms with Gasteiger partial charge in [0, 0.05) is 12.8 Å². The zero-order valence-corrected chi connectivity index (χ0v) is 51.5. The second-order valence-corrected chi connectivity index (χ2v) is 23.9. The van der Waals surface area contributed by atoms with Crippen LogP contribution in [0.4, 0.5) is 0 Å². The molecule has 0 radical (unpaired) electrons. The molecule has 6 nitrogen and oxygen atoms in total. The summed E-state index contributed by atoms with van der Waals surface area (Å²) in [6.07, 6.45) is 82.4. The van der Waals surface area contributed by atoms with Crippen LogP contribution in [0, 0.1) is 0 Å². The van der Waals surface area contributed by atoms with E-state index in [4.69, 9.17) is 4.74 Å². The molecule has 0 aromatic rings. The zero-order chi connectivity index (χ0) is 55.0. The molecule has 450 valence electrons. The Morgan fingerprint density at radius 1 is 0.355 bits per heavy atom. The first kappa shape index (κ1) is 74.3. The Morgan fingerprint density at radius 2 is 0.618 bits per heavy atom. The molecule has 76 heavy (non-hydrogen) atoms. The number of nitrogens with one attached hydrogen (secondary N) is 1. The Labute approximate surface area is 475 Å². The number of aliphatic hydroxyl groups excluding tert-OH is 2. The van der Waals surface area contributed by atoms with Crippen LogP contribution >= 0.6 is 0 Å².